The van der Waals surface area contributed by atoms with Crippen LogP contribution in [0.5, 0.6) is 0 Å². The van der Waals surface area contributed by atoms with E-state index in [9.17, 15) is 5.11 Å². The fourth-order valence-electron chi connectivity index (χ4n) is 2.33. The second-order valence-corrected chi connectivity index (χ2v) is 4.86. The number of pyridine rings is 1. The monoisotopic (exact) mass is 249 g/mol. The standard InChI is InChI=1S/C14H23N3O/c18-14(13-5-1-3-7-16-13)6-2-4-10-17-11-8-15-9-12-17/h1,3,5,7,14-15,18H,2,4,6,8-12H2. The molecule has 1 atom stereocenters. The van der Waals surface area contributed by atoms with Crippen molar-refractivity contribution in [2.24, 2.45) is 0 Å². The van der Waals surface area contributed by atoms with Gasteiger partial charge in [-0.1, -0.05) is 6.07 Å². The van der Waals surface area contributed by atoms with Crippen molar-refractivity contribution in [1.82, 2.24) is 15.2 Å². The Kier molecular flexibility index (Phi) is 5.58. The van der Waals surface area contributed by atoms with Crippen LogP contribution in [-0.4, -0.2) is 47.7 Å². The number of rotatable bonds is 6. The molecule has 1 aromatic heterocycles. The third-order valence-corrected chi connectivity index (χ3v) is 3.44. The average Bonchev–Trinajstić information content (AvgIpc) is 2.45. The number of nitrogens with zero attached hydrogens (tertiary/aromatic N) is 2. The molecule has 0 saturated carbocycles. The molecular formula is C14H23N3O. The quantitative estimate of drug-likeness (QED) is 0.744. The molecule has 1 aliphatic heterocycles. The molecule has 100 valence electrons. The van der Waals surface area contributed by atoms with Gasteiger partial charge in [0.25, 0.3) is 0 Å². The molecule has 18 heavy (non-hydrogen) atoms. The van der Waals surface area contributed by atoms with Crippen molar-refractivity contribution < 1.29 is 5.11 Å². The summed E-state index contributed by atoms with van der Waals surface area (Å²) in [6, 6.07) is 5.69. The van der Waals surface area contributed by atoms with Gasteiger partial charge in [-0.25, -0.2) is 0 Å². The van der Waals surface area contributed by atoms with Crippen molar-refractivity contribution in [2.75, 3.05) is 32.7 Å². The third-order valence-electron chi connectivity index (χ3n) is 3.44. The maximum Gasteiger partial charge on any atom is 0.0959 e. The van der Waals surface area contributed by atoms with Crippen molar-refractivity contribution in [3.8, 4) is 0 Å². The topological polar surface area (TPSA) is 48.4 Å². The van der Waals surface area contributed by atoms with Gasteiger partial charge in [0.2, 0.25) is 0 Å². The zero-order chi connectivity index (χ0) is 12.6. The number of unbranched alkanes of at least 4 members (excludes halogenated alkanes) is 1. The predicted octanol–water partition coefficient (Wildman–Crippen LogP) is 1.19. The summed E-state index contributed by atoms with van der Waals surface area (Å²) in [5, 5.41) is 13.3. The number of piperazine rings is 1. The lowest BCUT2D eigenvalue weighted by Gasteiger charge is -2.27. The van der Waals surface area contributed by atoms with E-state index in [-0.39, 0.29) is 0 Å². The predicted molar refractivity (Wildman–Crippen MR) is 72.4 cm³/mol. The Balaban J connectivity index is 1.60. The molecule has 0 spiro atoms. The Morgan fingerprint density at radius 2 is 2.11 bits per heavy atom. The Morgan fingerprint density at radius 3 is 2.83 bits per heavy atom. The molecule has 4 heteroatoms. The van der Waals surface area contributed by atoms with Crippen LogP contribution >= 0.6 is 0 Å². The van der Waals surface area contributed by atoms with E-state index in [0.717, 1.165) is 57.7 Å². The minimum atomic E-state index is -0.408. The van der Waals surface area contributed by atoms with Crippen molar-refractivity contribution in [3.05, 3.63) is 30.1 Å². The summed E-state index contributed by atoms with van der Waals surface area (Å²) in [6.45, 7) is 5.68. The van der Waals surface area contributed by atoms with E-state index in [4.69, 9.17) is 0 Å². The van der Waals surface area contributed by atoms with Crippen molar-refractivity contribution in [3.63, 3.8) is 0 Å². The van der Waals surface area contributed by atoms with Crippen LogP contribution < -0.4 is 5.32 Å². The maximum absolute atomic E-state index is 9.97. The zero-order valence-corrected chi connectivity index (χ0v) is 10.9. The number of hydrogen-bond donors (Lipinski definition) is 2. The summed E-state index contributed by atoms with van der Waals surface area (Å²) >= 11 is 0. The Bertz CT molecular complexity index is 325. The lowest BCUT2D eigenvalue weighted by Crippen LogP contribution is -2.43. The normalized spacial score (nSPS) is 18.7. The average molecular weight is 249 g/mol. The second-order valence-electron chi connectivity index (χ2n) is 4.86. The van der Waals surface area contributed by atoms with Crippen LogP contribution in [0.25, 0.3) is 0 Å². The molecule has 2 rings (SSSR count). The molecule has 4 nitrogen and oxygen atoms in total. The summed E-state index contributed by atoms with van der Waals surface area (Å²) in [5.74, 6) is 0. The van der Waals surface area contributed by atoms with Crippen molar-refractivity contribution in [2.45, 2.75) is 25.4 Å². The van der Waals surface area contributed by atoms with Crippen LogP contribution in [-0.2, 0) is 0 Å². The molecule has 2 N–H and O–H groups in total. The lowest BCUT2D eigenvalue weighted by atomic mass is 10.1. The summed E-state index contributed by atoms with van der Waals surface area (Å²) < 4.78 is 0. The first-order valence-electron chi connectivity index (χ1n) is 6.88. The van der Waals surface area contributed by atoms with Crippen LogP contribution in [0.15, 0.2) is 24.4 Å². The first kappa shape index (κ1) is 13.5. The van der Waals surface area contributed by atoms with Gasteiger partial charge in [-0.05, 0) is 37.9 Å². The first-order valence-corrected chi connectivity index (χ1v) is 6.88. The number of aromatic nitrogens is 1. The van der Waals surface area contributed by atoms with Gasteiger partial charge in [-0.3, -0.25) is 4.98 Å². The summed E-state index contributed by atoms with van der Waals surface area (Å²) in [7, 11) is 0. The maximum atomic E-state index is 9.97. The molecule has 1 fully saturated rings. The van der Waals surface area contributed by atoms with Gasteiger partial charge < -0.3 is 15.3 Å². The minimum absolute atomic E-state index is 0.408. The number of nitrogens with one attached hydrogen (secondary N) is 1. The van der Waals surface area contributed by atoms with Crippen LogP contribution in [0.4, 0.5) is 0 Å². The highest BCUT2D eigenvalue weighted by molar-refractivity contribution is 5.06. The summed E-state index contributed by atoms with van der Waals surface area (Å²) in [6.07, 6.45) is 4.35. The lowest BCUT2D eigenvalue weighted by molar-refractivity contribution is 0.155. The van der Waals surface area contributed by atoms with E-state index < -0.39 is 6.10 Å². The Labute approximate surface area is 109 Å². The summed E-state index contributed by atoms with van der Waals surface area (Å²) in [5.41, 5.74) is 0.791. The second kappa shape index (κ2) is 7.46. The van der Waals surface area contributed by atoms with Gasteiger partial charge in [0.1, 0.15) is 0 Å². The molecule has 0 bridgehead atoms. The molecule has 1 saturated heterocycles. The largest absolute Gasteiger partial charge is 0.387 e. The van der Waals surface area contributed by atoms with Crippen LogP contribution in [0.3, 0.4) is 0 Å². The SMILES string of the molecule is OC(CCCCN1CCNCC1)c1ccccn1. The fraction of sp³-hybridized carbons (Fsp3) is 0.643. The van der Waals surface area contributed by atoms with E-state index in [1.165, 1.54) is 0 Å². The Hall–Kier alpha value is -0.970. The van der Waals surface area contributed by atoms with Gasteiger partial charge in [-0.15, -0.1) is 0 Å². The molecule has 0 aromatic carbocycles. The number of aliphatic hydroxyl groups excluding tert-OH is 1. The molecule has 2 heterocycles. The van der Waals surface area contributed by atoms with Gasteiger partial charge in [-0.2, -0.15) is 0 Å². The van der Waals surface area contributed by atoms with Gasteiger partial charge in [0.05, 0.1) is 11.8 Å². The number of hydrogen-bond acceptors (Lipinski definition) is 4. The van der Waals surface area contributed by atoms with Crippen LogP contribution in [0.2, 0.25) is 0 Å². The van der Waals surface area contributed by atoms with E-state index >= 15 is 0 Å². The third kappa shape index (κ3) is 4.37. The molecular weight excluding hydrogens is 226 g/mol. The fourth-order valence-corrected chi connectivity index (χ4v) is 2.33. The van der Waals surface area contributed by atoms with Crippen LogP contribution in [0, 0.1) is 0 Å². The van der Waals surface area contributed by atoms with Gasteiger partial charge in [0.15, 0.2) is 0 Å². The molecule has 0 amide bonds. The Morgan fingerprint density at radius 1 is 1.28 bits per heavy atom. The van der Waals surface area contributed by atoms with E-state index in [1.807, 2.05) is 18.2 Å². The van der Waals surface area contributed by atoms with Gasteiger partial charge in [0, 0.05) is 32.4 Å². The molecule has 1 aromatic rings. The molecule has 1 aliphatic rings. The first-order chi connectivity index (χ1) is 8.86. The zero-order valence-electron chi connectivity index (χ0n) is 10.9. The molecule has 0 radical (unpaired) electrons. The van der Waals surface area contributed by atoms with Crippen molar-refractivity contribution >= 4 is 0 Å². The van der Waals surface area contributed by atoms with Crippen molar-refractivity contribution in [1.29, 1.82) is 0 Å². The van der Waals surface area contributed by atoms with E-state index in [0.29, 0.717) is 0 Å². The van der Waals surface area contributed by atoms with Crippen LogP contribution in [0.1, 0.15) is 31.1 Å². The minimum Gasteiger partial charge on any atom is -0.387 e. The smallest absolute Gasteiger partial charge is 0.0959 e. The highest BCUT2D eigenvalue weighted by Crippen LogP contribution is 2.16. The highest BCUT2D eigenvalue weighted by atomic mass is 16.3. The molecule has 1 unspecified atom stereocenters. The number of aliphatic hydroxyl groups is 1. The van der Waals surface area contributed by atoms with E-state index in [1.54, 1.807) is 6.20 Å². The van der Waals surface area contributed by atoms with E-state index in [2.05, 4.69) is 15.2 Å². The molecule has 0 aliphatic carbocycles. The summed E-state index contributed by atoms with van der Waals surface area (Å²) in [4.78, 5) is 6.67. The van der Waals surface area contributed by atoms with Gasteiger partial charge >= 0.3 is 0 Å². The highest BCUT2D eigenvalue weighted by Gasteiger charge is 2.10.